The van der Waals surface area contributed by atoms with Crippen LogP contribution in [0, 0.1) is 0 Å². The summed E-state index contributed by atoms with van der Waals surface area (Å²) in [6.45, 7) is 2.52. The van der Waals surface area contributed by atoms with E-state index in [2.05, 4.69) is 20.5 Å². The number of hydrogen-bond donors (Lipinski definition) is 3. The van der Waals surface area contributed by atoms with Gasteiger partial charge in [-0.25, -0.2) is 0 Å². The van der Waals surface area contributed by atoms with Crippen LogP contribution in [0.2, 0.25) is 0 Å². The van der Waals surface area contributed by atoms with Crippen molar-refractivity contribution in [1.29, 1.82) is 0 Å². The van der Waals surface area contributed by atoms with Gasteiger partial charge in [0.1, 0.15) is 11.5 Å². The van der Waals surface area contributed by atoms with Gasteiger partial charge in [-0.1, -0.05) is 6.07 Å². The van der Waals surface area contributed by atoms with Crippen molar-refractivity contribution in [2.24, 2.45) is 0 Å². The minimum Gasteiger partial charge on any atom is -0.483 e. The van der Waals surface area contributed by atoms with Crippen LogP contribution in [0.25, 0.3) is 22.7 Å². The highest BCUT2D eigenvalue weighted by molar-refractivity contribution is 6.04. The molecule has 0 aliphatic heterocycles. The SMILES string of the molecule is CCOC1CCC(n2cc(NC(=O)c3ccc(-c4cn[nH]c4)o3)c(-c3ccccn3)n2)CC1.O=CO. The zero-order valence-corrected chi connectivity index (χ0v) is 19.8. The number of ether oxygens (including phenoxy) is 1. The molecule has 11 nitrogen and oxygen atoms in total. The Kier molecular flexibility index (Phi) is 8.24. The van der Waals surface area contributed by atoms with E-state index in [9.17, 15) is 4.79 Å². The average Bonchev–Trinajstić information content (AvgIpc) is 3.66. The van der Waals surface area contributed by atoms with E-state index in [1.165, 1.54) is 0 Å². The molecule has 36 heavy (non-hydrogen) atoms. The summed E-state index contributed by atoms with van der Waals surface area (Å²) < 4.78 is 13.5. The lowest BCUT2D eigenvalue weighted by molar-refractivity contribution is -0.122. The molecular weight excluding hydrogens is 464 g/mol. The first-order valence-electron chi connectivity index (χ1n) is 11.7. The van der Waals surface area contributed by atoms with Crippen molar-refractivity contribution >= 4 is 18.1 Å². The first-order chi connectivity index (χ1) is 17.6. The number of aromatic nitrogens is 5. The lowest BCUT2D eigenvalue weighted by atomic mass is 9.93. The van der Waals surface area contributed by atoms with Crippen LogP contribution in [0.15, 0.2) is 59.5 Å². The van der Waals surface area contributed by atoms with Gasteiger partial charge in [-0.05, 0) is 56.9 Å². The van der Waals surface area contributed by atoms with Gasteiger partial charge in [-0.15, -0.1) is 0 Å². The van der Waals surface area contributed by atoms with Crippen LogP contribution in [0.1, 0.15) is 49.2 Å². The molecule has 1 amide bonds. The van der Waals surface area contributed by atoms with Crippen LogP contribution in [0.4, 0.5) is 5.69 Å². The van der Waals surface area contributed by atoms with Crippen molar-refractivity contribution < 1.29 is 23.8 Å². The number of carboxylic acid groups (broad SMARTS) is 1. The fourth-order valence-corrected chi connectivity index (χ4v) is 4.26. The van der Waals surface area contributed by atoms with E-state index in [1.54, 1.807) is 30.7 Å². The Morgan fingerprint density at radius 1 is 1.28 bits per heavy atom. The molecule has 4 aromatic heterocycles. The van der Waals surface area contributed by atoms with E-state index < -0.39 is 0 Å². The maximum absolute atomic E-state index is 13.0. The number of furan rings is 1. The molecule has 0 aromatic carbocycles. The van der Waals surface area contributed by atoms with Crippen LogP contribution in [0.3, 0.4) is 0 Å². The van der Waals surface area contributed by atoms with Crippen LogP contribution >= 0.6 is 0 Å². The molecule has 1 saturated carbocycles. The Labute approximate surface area is 207 Å². The predicted octanol–water partition coefficient (Wildman–Crippen LogP) is 4.40. The molecule has 4 heterocycles. The normalized spacial score (nSPS) is 17.1. The summed E-state index contributed by atoms with van der Waals surface area (Å²) in [6.07, 6.45) is 11.3. The summed E-state index contributed by atoms with van der Waals surface area (Å²) in [6, 6.07) is 9.30. The second-order valence-electron chi connectivity index (χ2n) is 8.18. The smallest absolute Gasteiger partial charge is 0.291 e. The summed E-state index contributed by atoms with van der Waals surface area (Å²) in [4.78, 5) is 25.8. The van der Waals surface area contributed by atoms with Crippen molar-refractivity contribution in [3.63, 3.8) is 0 Å². The monoisotopic (exact) mass is 492 g/mol. The Morgan fingerprint density at radius 3 is 2.75 bits per heavy atom. The number of hydrogen-bond acceptors (Lipinski definition) is 7. The summed E-state index contributed by atoms with van der Waals surface area (Å²) in [5.41, 5.74) is 2.72. The van der Waals surface area contributed by atoms with Gasteiger partial charge >= 0.3 is 0 Å². The van der Waals surface area contributed by atoms with Crippen molar-refractivity contribution in [2.45, 2.75) is 44.8 Å². The molecule has 1 aliphatic carbocycles. The third-order valence-electron chi connectivity index (χ3n) is 5.92. The second kappa shape index (κ2) is 11.9. The molecule has 4 aromatic rings. The predicted molar refractivity (Wildman–Crippen MR) is 131 cm³/mol. The number of carbonyl (C=O) groups excluding carboxylic acids is 1. The van der Waals surface area contributed by atoms with E-state index in [0.29, 0.717) is 28.9 Å². The number of anilines is 1. The van der Waals surface area contributed by atoms with Gasteiger partial charge in [0.15, 0.2) is 5.76 Å². The highest BCUT2D eigenvalue weighted by Gasteiger charge is 2.26. The van der Waals surface area contributed by atoms with Gasteiger partial charge in [-0.3, -0.25) is 24.4 Å². The Bertz CT molecular complexity index is 1240. The summed E-state index contributed by atoms with van der Waals surface area (Å²) in [7, 11) is 0. The maximum Gasteiger partial charge on any atom is 0.291 e. The van der Waals surface area contributed by atoms with Crippen molar-refractivity contribution in [1.82, 2.24) is 25.0 Å². The first-order valence-corrected chi connectivity index (χ1v) is 11.7. The Balaban J connectivity index is 0.000000967. The molecule has 5 rings (SSSR count). The van der Waals surface area contributed by atoms with Crippen LogP contribution < -0.4 is 5.32 Å². The van der Waals surface area contributed by atoms with Gasteiger partial charge < -0.3 is 19.6 Å². The molecule has 0 unspecified atom stereocenters. The first kappa shape index (κ1) is 24.9. The number of rotatable bonds is 7. The van der Waals surface area contributed by atoms with Crippen molar-refractivity contribution in [3.8, 4) is 22.7 Å². The molecule has 1 aliphatic rings. The number of nitrogens with one attached hydrogen (secondary N) is 2. The number of carbonyl (C=O) groups is 2. The van der Waals surface area contributed by atoms with Crippen LogP contribution in [-0.4, -0.2) is 55.2 Å². The van der Waals surface area contributed by atoms with E-state index in [0.717, 1.165) is 37.9 Å². The highest BCUT2D eigenvalue weighted by atomic mass is 16.5. The number of H-pyrrole nitrogens is 1. The van der Waals surface area contributed by atoms with E-state index in [1.807, 2.05) is 36.0 Å². The molecule has 188 valence electrons. The van der Waals surface area contributed by atoms with E-state index >= 15 is 0 Å². The van der Waals surface area contributed by atoms with Crippen LogP contribution in [-0.2, 0) is 9.53 Å². The lowest BCUT2D eigenvalue weighted by Crippen LogP contribution is -2.24. The summed E-state index contributed by atoms with van der Waals surface area (Å²) >= 11 is 0. The number of nitrogens with zero attached hydrogens (tertiary/aromatic N) is 4. The second-order valence-corrected chi connectivity index (χ2v) is 8.18. The van der Waals surface area contributed by atoms with Gasteiger partial charge in [0, 0.05) is 25.2 Å². The third kappa shape index (κ3) is 5.87. The topological polar surface area (TPSA) is 148 Å². The quantitative estimate of drug-likeness (QED) is 0.322. The number of pyridine rings is 1. The zero-order chi connectivity index (χ0) is 25.3. The molecule has 0 atom stereocenters. The van der Waals surface area contributed by atoms with Crippen LogP contribution in [0.5, 0.6) is 0 Å². The van der Waals surface area contributed by atoms with Crippen molar-refractivity contribution in [2.75, 3.05) is 11.9 Å². The molecule has 3 N–H and O–H groups in total. The molecule has 0 bridgehead atoms. The number of amides is 1. The van der Waals surface area contributed by atoms with Gasteiger partial charge in [-0.2, -0.15) is 10.2 Å². The van der Waals surface area contributed by atoms with E-state index in [-0.39, 0.29) is 24.2 Å². The highest BCUT2D eigenvalue weighted by Crippen LogP contribution is 2.33. The fraction of sp³-hybridized carbons (Fsp3) is 0.320. The zero-order valence-electron chi connectivity index (χ0n) is 19.8. The minimum absolute atomic E-state index is 0.211. The molecular formula is C25H28N6O5. The Hall–Kier alpha value is -4.25. The van der Waals surface area contributed by atoms with Gasteiger partial charge in [0.25, 0.3) is 12.4 Å². The molecule has 0 saturated heterocycles. The largest absolute Gasteiger partial charge is 0.483 e. The summed E-state index contributed by atoms with van der Waals surface area (Å²) in [5.74, 6) is 0.435. The molecule has 11 heteroatoms. The summed E-state index contributed by atoms with van der Waals surface area (Å²) in [5, 5.41) is 21.3. The third-order valence-corrected chi connectivity index (χ3v) is 5.92. The molecule has 1 fully saturated rings. The fourth-order valence-electron chi connectivity index (χ4n) is 4.26. The lowest BCUT2D eigenvalue weighted by Gasteiger charge is -2.28. The number of aromatic amines is 1. The maximum atomic E-state index is 13.0. The van der Waals surface area contributed by atoms with Crippen molar-refractivity contribution in [3.05, 3.63) is 60.9 Å². The van der Waals surface area contributed by atoms with Gasteiger partial charge in [0.05, 0.1) is 35.3 Å². The van der Waals surface area contributed by atoms with Gasteiger partial charge in [0.2, 0.25) is 0 Å². The standard InChI is InChI=1S/C24H26N6O3.CH2O2/c1-2-32-18-8-6-17(7-9-18)30-15-20(23(29-30)19-5-3-4-12-25-19)28-24(31)22-11-10-21(33-22)16-13-26-27-14-16;2-1-3/h3-5,10-15,17-18H,2,6-9H2,1H3,(H,26,27)(H,28,31);1H,(H,2,3). The average molecular weight is 493 g/mol. The van der Waals surface area contributed by atoms with E-state index in [4.69, 9.17) is 24.2 Å². The Morgan fingerprint density at radius 2 is 2.08 bits per heavy atom. The minimum atomic E-state index is -0.346. The molecule has 0 spiro atoms. The molecule has 0 radical (unpaired) electrons.